The molecule has 1 heterocycles. The van der Waals surface area contributed by atoms with Crippen molar-refractivity contribution in [3.05, 3.63) is 29.6 Å². The van der Waals surface area contributed by atoms with Crippen LogP contribution in [0.4, 0.5) is 0 Å². The van der Waals surface area contributed by atoms with Crippen LogP contribution in [0.5, 0.6) is 0 Å². The van der Waals surface area contributed by atoms with Crippen molar-refractivity contribution in [3.63, 3.8) is 0 Å². The minimum atomic E-state index is -0.573. The second-order valence-corrected chi connectivity index (χ2v) is 2.35. The van der Waals surface area contributed by atoms with Gasteiger partial charge < -0.3 is 0 Å². The van der Waals surface area contributed by atoms with Crippen LogP contribution in [0.25, 0.3) is 0 Å². The number of carbonyl (C=O) groups is 2. The molecule has 0 spiro atoms. The lowest BCUT2D eigenvalue weighted by atomic mass is 10.3. The predicted molar refractivity (Wildman–Crippen MR) is 47.5 cm³/mol. The molecule has 0 fully saturated rings. The number of amides is 2. The van der Waals surface area contributed by atoms with Crippen LogP contribution in [-0.2, 0) is 0 Å². The molecule has 2 amide bonds. The van der Waals surface area contributed by atoms with Crippen LogP contribution < -0.4 is 22.5 Å². The number of nitrogen functional groups attached to an aromatic ring is 2. The Bertz CT molecular complexity index is 334. The molecule has 0 atom stereocenters. The monoisotopic (exact) mass is 195 g/mol. The number of hydrogen-bond donors (Lipinski definition) is 4. The van der Waals surface area contributed by atoms with Gasteiger partial charge in [0.1, 0.15) is 11.4 Å². The molecule has 1 aromatic heterocycles. The molecule has 6 N–H and O–H groups in total. The molecule has 1 aromatic rings. The fraction of sp³-hybridized carbons (Fsp3) is 0. The molecule has 14 heavy (non-hydrogen) atoms. The van der Waals surface area contributed by atoms with Crippen molar-refractivity contribution in [1.29, 1.82) is 0 Å². The molecule has 0 aromatic carbocycles. The summed E-state index contributed by atoms with van der Waals surface area (Å²) in [5.41, 5.74) is 3.90. The maximum absolute atomic E-state index is 11.0. The van der Waals surface area contributed by atoms with Gasteiger partial charge in [-0.2, -0.15) is 0 Å². The summed E-state index contributed by atoms with van der Waals surface area (Å²) in [6.07, 6.45) is 0. The molecule has 0 radical (unpaired) electrons. The summed E-state index contributed by atoms with van der Waals surface area (Å²) in [7, 11) is 0. The van der Waals surface area contributed by atoms with Crippen LogP contribution in [0.2, 0.25) is 0 Å². The first-order valence-electron chi connectivity index (χ1n) is 3.68. The van der Waals surface area contributed by atoms with Gasteiger partial charge in [-0.1, -0.05) is 6.07 Å². The predicted octanol–water partition coefficient (Wildman–Crippen LogP) is -1.71. The Morgan fingerprint density at radius 2 is 1.50 bits per heavy atom. The molecule has 0 aliphatic carbocycles. The van der Waals surface area contributed by atoms with Crippen LogP contribution >= 0.6 is 0 Å². The third-order valence-corrected chi connectivity index (χ3v) is 1.48. The van der Waals surface area contributed by atoms with Gasteiger partial charge >= 0.3 is 0 Å². The lowest BCUT2D eigenvalue weighted by molar-refractivity contribution is 0.0944. The largest absolute Gasteiger partial charge is 0.289 e. The van der Waals surface area contributed by atoms with Gasteiger partial charge in [-0.3, -0.25) is 20.4 Å². The van der Waals surface area contributed by atoms with Gasteiger partial charge in [0.2, 0.25) is 0 Å². The Morgan fingerprint density at radius 3 is 1.86 bits per heavy atom. The number of aromatic nitrogens is 1. The summed E-state index contributed by atoms with van der Waals surface area (Å²) in [6.45, 7) is 0. The van der Waals surface area contributed by atoms with Crippen molar-refractivity contribution in [2.45, 2.75) is 0 Å². The van der Waals surface area contributed by atoms with Crippen LogP contribution in [0.3, 0.4) is 0 Å². The molecule has 74 valence electrons. The molecule has 7 nitrogen and oxygen atoms in total. The van der Waals surface area contributed by atoms with E-state index < -0.39 is 11.8 Å². The Kier molecular flexibility index (Phi) is 3.10. The van der Waals surface area contributed by atoms with Crippen LogP contribution in [-0.4, -0.2) is 16.8 Å². The first-order chi connectivity index (χ1) is 6.69. The highest BCUT2D eigenvalue weighted by atomic mass is 16.2. The van der Waals surface area contributed by atoms with Crippen molar-refractivity contribution in [3.8, 4) is 0 Å². The maximum Gasteiger partial charge on any atom is 0.283 e. The third-order valence-electron chi connectivity index (χ3n) is 1.48. The summed E-state index contributed by atoms with van der Waals surface area (Å²) in [5.74, 6) is 8.65. The molecule has 0 bridgehead atoms. The number of hydrogen-bond acceptors (Lipinski definition) is 5. The van der Waals surface area contributed by atoms with Gasteiger partial charge in [0.25, 0.3) is 11.8 Å². The second-order valence-electron chi connectivity index (χ2n) is 2.35. The lowest BCUT2D eigenvalue weighted by Crippen LogP contribution is -2.33. The minimum absolute atomic E-state index is 0.0496. The van der Waals surface area contributed by atoms with E-state index in [-0.39, 0.29) is 11.4 Å². The second kappa shape index (κ2) is 4.30. The first-order valence-corrected chi connectivity index (χ1v) is 3.68. The summed E-state index contributed by atoms with van der Waals surface area (Å²) in [5, 5.41) is 0. The average Bonchev–Trinajstić information content (AvgIpc) is 2.27. The number of pyridine rings is 1. The van der Waals surface area contributed by atoms with Crippen molar-refractivity contribution in [2.75, 3.05) is 0 Å². The van der Waals surface area contributed by atoms with Crippen LogP contribution in [0.1, 0.15) is 21.0 Å². The Hall–Kier alpha value is -1.99. The molecular weight excluding hydrogens is 186 g/mol. The van der Waals surface area contributed by atoms with Crippen LogP contribution in [0, 0.1) is 0 Å². The highest BCUT2D eigenvalue weighted by Crippen LogP contribution is 1.98. The Morgan fingerprint density at radius 1 is 1.07 bits per heavy atom. The third kappa shape index (κ3) is 2.03. The van der Waals surface area contributed by atoms with Gasteiger partial charge in [0.05, 0.1) is 0 Å². The molecule has 0 aliphatic rings. The summed E-state index contributed by atoms with van der Waals surface area (Å²) >= 11 is 0. The van der Waals surface area contributed by atoms with Crippen molar-refractivity contribution < 1.29 is 9.59 Å². The fourth-order valence-electron chi connectivity index (χ4n) is 0.836. The van der Waals surface area contributed by atoms with E-state index in [1.807, 2.05) is 10.9 Å². The number of hydrazine groups is 2. The molecule has 0 saturated carbocycles. The minimum Gasteiger partial charge on any atom is -0.289 e. The topological polar surface area (TPSA) is 123 Å². The van der Waals surface area contributed by atoms with E-state index in [4.69, 9.17) is 11.7 Å². The van der Waals surface area contributed by atoms with Gasteiger partial charge in [-0.05, 0) is 12.1 Å². The van der Waals surface area contributed by atoms with E-state index in [9.17, 15) is 9.59 Å². The molecule has 0 aliphatic heterocycles. The van der Waals surface area contributed by atoms with Gasteiger partial charge in [-0.25, -0.2) is 16.7 Å². The molecule has 1 rings (SSSR count). The zero-order chi connectivity index (χ0) is 10.6. The zero-order valence-electron chi connectivity index (χ0n) is 7.15. The standard InChI is InChI=1S/C7H9N5O2/c8-11-6(13)4-2-1-3-5(10-4)7(14)12-9/h1-3H,8-9H2,(H,11,13)(H,12,14). The highest BCUT2D eigenvalue weighted by Gasteiger charge is 2.09. The number of nitrogens with zero attached hydrogens (tertiary/aromatic N) is 1. The van der Waals surface area contributed by atoms with E-state index in [0.29, 0.717) is 0 Å². The summed E-state index contributed by atoms with van der Waals surface area (Å²) in [4.78, 5) is 25.8. The first kappa shape index (κ1) is 10.1. The quantitative estimate of drug-likeness (QED) is 0.254. The van der Waals surface area contributed by atoms with Gasteiger partial charge in [-0.15, -0.1) is 0 Å². The smallest absolute Gasteiger partial charge is 0.283 e. The van der Waals surface area contributed by atoms with E-state index in [1.165, 1.54) is 18.2 Å². The number of carbonyl (C=O) groups excluding carboxylic acids is 2. The van der Waals surface area contributed by atoms with Crippen molar-refractivity contribution in [2.24, 2.45) is 11.7 Å². The lowest BCUT2D eigenvalue weighted by Gasteiger charge is -2.01. The molecule has 0 unspecified atom stereocenters. The van der Waals surface area contributed by atoms with E-state index in [2.05, 4.69) is 4.98 Å². The maximum atomic E-state index is 11.0. The Balaban J connectivity index is 3.01. The van der Waals surface area contributed by atoms with Crippen LogP contribution in [0.15, 0.2) is 18.2 Å². The zero-order valence-corrected chi connectivity index (χ0v) is 7.15. The van der Waals surface area contributed by atoms with E-state index in [0.717, 1.165) is 0 Å². The average molecular weight is 195 g/mol. The number of nitrogens with two attached hydrogens (primary N) is 2. The SMILES string of the molecule is NNC(=O)c1cccc(C(=O)NN)n1. The van der Waals surface area contributed by atoms with E-state index in [1.54, 1.807) is 0 Å². The highest BCUT2D eigenvalue weighted by molar-refractivity contribution is 5.95. The summed E-state index contributed by atoms with van der Waals surface area (Å²) in [6, 6.07) is 4.35. The summed E-state index contributed by atoms with van der Waals surface area (Å²) < 4.78 is 0. The number of nitrogens with one attached hydrogen (secondary N) is 2. The van der Waals surface area contributed by atoms with Crippen molar-refractivity contribution >= 4 is 11.8 Å². The molecule has 0 saturated heterocycles. The van der Waals surface area contributed by atoms with Gasteiger partial charge in [0.15, 0.2) is 0 Å². The normalized spacial score (nSPS) is 9.29. The molecular formula is C7H9N5O2. The van der Waals surface area contributed by atoms with E-state index >= 15 is 0 Å². The van der Waals surface area contributed by atoms with Crippen molar-refractivity contribution in [1.82, 2.24) is 15.8 Å². The molecule has 7 heteroatoms. The number of rotatable bonds is 2. The fourth-order valence-corrected chi connectivity index (χ4v) is 0.836. The van der Waals surface area contributed by atoms with Gasteiger partial charge in [0, 0.05) is 0 Å². The Labute approximate surface area is 79.4 Å².